The molecule has 1 unspecified atom stereocenters. The number of carboxylic acid groups (broad SMARTS) is 1. The van der Waals surface area contributed by atoms with Crippen LogP contribution in [0, 0.1) is 5.82 Å². The number of anilines is 1. The van der Waals surface area contributed by atoms with Crippen molar-refractivity contribution in [2.45, 2.75) is 11.2 Å². The molecule has 4 nitrogen and oxygen atoms in total. The molecule has 0 aliphatic carbocycles. The van der Waals surface area contributed by atoms with Crippen LogP contribution in [0.1, 0.15) is 16.8 Å². The molecular weight excluding hydrogens is 293 g/mol. The minimum Gasteiger partial charge on any atom is -0.478 e. The second kappa shape index (κ2) is 4.44. The molecule has 1 heterocycles. The maximum Gasteiger partial charge on any atom is 0.335 e. The molecule has 1 aromatic rings. The Morgan fingerprint density at radius 1 is 1.47 bits per heavy atom. The summed E-state index contributed by atoms with van der Waals surface area (Å²) < 4.78 is 13.3. The van der Waals surface area contributed by atoms with E-state index in [1.165, 1.54) is 11.0 Å². The number of rotatable bonds is 2. The van der Waals surface area contributed by atoms with Gasteiger partial charge in [-0.05, 0) is 18.2 Å². The van der Waals surface area contributed by atoms with Crippen LogP contribution < -0.4 is 4.90 Å². The van der Waals surface area contributed by atoms with E-state index in [0.717, 1.165) is 12.1 Å². The van der Waals surface area contributed by atoms with E-state index in [0.29, 0.717) is 13.0 Å². The molecule has 1 aliphatic heterocycles. The van der Waals surface area contributed by atoms with E-state index in [9.17, 15) is 14.0 Å². The number of hydrogen-bond donors (Lipinski definition) is 1. The molecule has 0 spiro atoms. The zero-order valence-electron chi connectivity index (χ0n) is 8.69. The number of halogens is 2. The van der Waals surface area contributed by atoms with Gasteiger partial charge in [-0.25, -0.2) is 9.18 Å². The Labute approximate surface area is 105 Å². The number of nitrogens with zero attached hydrogens (tertiary/aromatic N) is 1. The molecule has 0 aromatic heterocycles. The van der Waals surface area contributed by atoms with E-state index in [1.54, 1.807) is 0 Å². The lowest BCUT2D eigenvalue weighted by Crippen LogP contribution is -2.25. The Morgan fingerprint density at radius 3 is 2.71 bits per heavy atom. The molecular formula is C11H9BrFNO3. The van der Waals surface area contributed by atoms with Gasteiger partial charge < -0.3 is 10.0 Å². The Kier molecular flexibility index (Phi) is 3.15. The molecule has 1 atom stereocenters. The van der Waals surface area contributed by atoms with E-state index in [2.05, 4.69) is 15.9 Å². The summed E-state index contributed by atoms with van der Waals surface area (Å²) >= 11 is 3.31. The highest BCUT2D eigenvalue weighted by molar-refractivity contribution is 9.09. The van der Waals surface area contributed by atoms with Crippen LogP contribution in [0.25, 0.3) is 0 Å². The second-order valence-electron chi connectivity index (χ2n) is 3.81. The third-order valence-electron chi connectivity index (χ3n) is 2.52. The first-order chi connectivity index (χ1) is 7.97. The number of carboxylic acids is 1. The molecule has 6 heteroatoms. The summed E-state index contributed by atoms with van der Waals surface area (Å²) in [5, 5.41) is 8.82. The lowest BCUT2D eigenvalue weighted by atomic mass is 10.2. The van der Waals surface area contributed by atoms with Gasteiger partial charge >= 0.3 is 5.97 Å². The number of alkyl halides is 1. The van der Waals surface area contributed by atoms with Crippen molar-refractivity contribution >= 4 is 33.5 Å². The van der Waals surface area contributed by atoms with Gasteiger partial charge in [0.2, 0.25) is 5.91 Å². The zero-order valence-corrected chi connectivity index (χ0v) is 10.3. The maximum absolute atomic E-state index is 13.3. The number of carbonyl (C=O) groups is 2. The first-order valence-electron chi connectivity index (χ1n) is 4.95. The summed E-state index contributed by atoms with van der Waals surface area (Å²) in [5.41, 5.74) is 0.125. The number of aromatic carboxylic acids is 1. The number of benzene rings is 1. The standard InChI is InChI=1S/C11H9BrFNO3/c12-7-3-10(15)14(5-7)9-2-6(11(16)17)1-8(13)4-9/h1-2,4,7H,3,5H2,(H,16,17). The largest absolute Gasteiger partial charge is 0.478 e. The summed E-state index contributed by atoms with van der Waals surface area (Å²) in [5.74, 6) is -2.02. The highest BCUT2D eigenvalue weighted by Gasteiger charge is 2.29. The molecule has 1 aliphatic rings. The van der Waals surface area contributed by atoms with E-state index < -0.39 is 11.8 Å². The fraction of sp³-hybridized carbons (Fsp3) is 0.273. The summed E-state index contributed by atoms with van der Waals surface area (Å²) in [6.07, 6.45) is 0.332. The minimum atomic E-state index is -1.22. The highest BCUT2D eigenvalue weighted by atomic mass is 79.9. The molecule has 1 aromatic carbocycles. The minimum absolute atomic E-state index is 0.0199. The average Bonchev–Trinajstić information content (AvgIpc) is 2.57. The van der Waals surface area contributed by atoms with Gasteiger partial charge in [-0.1, -0.05) is 15.9 Å². The van der Waals surface area contributed by atoms with Crippen LogP contribution in [0.2, 0.25) is 0 Å². The fourth-order valence-corrected chi connectivity index (χ4v) is 2.33. The maximum atomic E-state index is 13.3. The van der Waals surface area contributed by atoms with Gasteiger partial charge in [-0.15, -0.1) is 0 Å². The molecule has 0 radical (unpaired) electrons. The second-order valence-corrected chi connectivity index (χ2v) is 5.10. The molecule has 2 rings (SSSR count). The van der Waals surface area contributed by atoms with Gasteiger partial charge in [0.25, 0.3) is 0 Å². The molecule has 1 saturated heterocycles. The Morgan fingerprint density at radius 2 is 2.18 bits per heavy atom. The smallest absolute Gasteiger partial charge is 0.335 e. The molecule has 0 bridgehead atoms. The van der Waals surface area contributed by atoms with E-state index in [-0.39, 0.29) is 22.0 Å². The summed E-state index contributed by atoms with van der Waals surface area (Å²) in [6.45, 7) is 0.418. The van der Waals surface area contributed by atoms with E-state index >= 15 is 0 Å². The third kappa shape index (κ3) is 2.46. The van der Waals surface area contributed by atoms with Crippen LogP contribution in [-0.2, 0) is 4.79 Å². The normalized spacial score (nSPS) is 19.8. The zero-order chi connectivity index (χ0) is 12.6. The molecule has 1 N–H and O–H groups in total. The van der Waals surface area contributed by atoms with Crippen molar-refractivity contribution in [3.05, 3.63) is 29.6 Å². The molecule has 1 amide bonds. The van der Waals surface area contributed by atoms with Gasteiger partial charge in [0, 0.05) is 23.5 Å². The Balaban J connectivity index is 2.39. The summed E-state index contributed by atoms with van der Waals surface area (Å²) in [7, 11) is 0. The van der Waals surface area contributed by atoms with Crippen molar-refractivity contribution in [1.29, 1.82) is 0 Å². The van der Waals surface area contributed by atoms with Crippen molar-refractivity contribution in [2.75, 3.05) is 11.4 Å². The van der Waals surface area contributed by atoms with Crippen molar-refractivity contribution in [1.82, 2.24) is 0 Å². The number of hydrogen-bond acceptors (Lipinski definition) is 2. The van der Waals surface area contributed by atoms with Gasteiger partial charge in [-0.2, -0.15) is 0 Å². The van der Waals surface area contributed by atoms with Gasteiger partial charge in [-0.3, -0.25) is 4.79 Å². The molecule has 90 valence electrons. The molecule has 17 heavy (non-hydrogen) atoms. The fourth-order valence-electron chi connectivity index (χ4n) is 1.77. The van der Waals surface area contributed by atoms with Crippen LogP contribution in [0.4, 0.5) is 10.1 Å². The van der Waals surface area contributed by atoms with Crippen LogP contribution in [0.5, 0.6) is 0 Å². The molecule has 1 fully saturated rings. The van der Waals surface area contributed by atoms with Crippen molar-refractivity contribution in [3.8, 4) is 0 Å². The van der Waals surface area contributed by atoms with Crippen molar-refractivity contribution < 1.29 is 19.1 Å². The highest BCUT2D eigenvalue weighted by Crippen LogP contribution is 2.26. The first-order valence-corrected chi connectivity index (χ1v) is 5.87. The predicted molar refractivity (Wildman–Crippen MR) is 63.0 cm³/mol. The SMILES string of the molecule is O=C(O)c1cc(F)cc(N2CC(Br)CC2=O)c1. The van der Waals surface area contributed by atoms with E-state index in [4.69, 9.17) is 5.11 Å². The Bertz CT molecular complexity index is 492. The van der Waals surface area contributed by atoms with Gasteiger partial charge in [0.15, 0.2) is 0 Å². The summed E-state index contributed by atoms with van der Waals surface area (Å²) in [6, 6.07) is 3.39. The number of carbonyl (C=O) groups excluding carboxylic acids is 1. The topological polar surface area (TPSA) is 57.6 Å². The van der Waals surface area contributed by atoms with Crippen molar-refractivity contribution in [2.24, 2.45) is 0 Å². The van der Waals surface area contributed by atoms with Gasteiger partial charge in [0.1, 0.15) is 5.82 Å². The predicted octanol–water partition coefficient (Wildman–Crippen LogP) is 2.02. The first kappa shape index (κ1) is 12.0. The quantitative estimate of drug-likeness (QED) is 0.850. The summed E-state index contributed by atoms with van der Waals surface area (Å²) in [4.78, 5) is 23.8. The van der Waals surface area contributed by atoms with Gasteiger partial charge in [0.05, 0.1) is 5.56 Å². The van der Waals surface area contributed by atoms with Crippen LogP contribution in [0.3, 0.4) is 0 Å². The van der Waals surface area contributed by atoms with Crippen LogP contribution >= 0.6 is 15.9 Å². The van der Waals surface area contributed by atoms with Crippen molar-refractivity contribution in [3.63, 3.8) is 0 Å². The van der Waals surface area contributed by atoms with Crippen LogP contribution in [-0.4, -0.2) is 28.4 Å². The van der Waals surface area contributed by atoms with E-state index in [1.807, 2.05) is 0 Å². The lowest BCUT2D eigenvalue weighted by Gasteiger charge is -2.16. The monoisotopic (exact) mass is 301 g/mol. The van der Waals surface area contributed by atoms with Crippen LogP contribution in [0.15, 0.2) is 18.2 Å². The third-order valence-corrected chi connectivity index (χ3v) is 3.13. The number of amides is 1. The molecule has 0 saturated carbocycles. The Hall–Kier alpha value is -1.43. The lowest BCUT2D eigenvalue weighted by molar-refractivity contribution is -0.117. The average molecular weight is 302 g/mol.